The molecule has 2 atom stereocenters. The van der Waals surface area contributed by atoms with E-state index in [2.05, 4.69) is 10.0 Å². The summed E-state index contributed by atoms with van der Waals surface area (Å²) >= 11 is -1.48. The molecule has 1 aliphatic rings. The van der Waals surface area contributed by atoms with Crippen molar-refractivity contribution in [1.82, 2.24) is 4.72 Å². The Kier molecular flexibility index (Phi) is 4.41. The number of hydrogen-bond donors (Lipinski definition) is 2. The van der Waals surface area contributed by atoms with E-state index in [1.54, 1.807) is 24.3 Å². The first-order valence-electron chi connectivity index (χ1n) is 5.78. The monoisotopic (exact) mass is 282 g/mol. The van der Waals surface area contributed by atoms with Gasteiger partial charge in [0.2, 0.25) is 5.91 Å². The quantitative estimate of drug-likeness (QED) is 0.622. The summed E-state index contributed by atoms with van der Waals surface area (Å²) in [6.45, 7) is 1.77. The fourth-order valence-electron chi connectivity index (χ4n) is 1.67. The summed E-state index contributed by atoms with van der Waals surface area (Å²) in [4.78, 5) is 22.6. The Morgan fingerprint density at radius 3 is 2.63 bits per heavy atom. The number of hydrogen-bond acceptors (Lipinski definition) is 5. The molecule has 102 valence electrons. The fraction of sp³-hybridized carbons (Fsp3) is 0.333. The maximum Gasteiger partial charge on any atom is 0.327 e. The van der Waals surface area contributed by atoms with Gasteiger partial charge in [0, 0.05) is 19.0 Å². The Morgan fingerprint density at radius 1 is 1.42 bits per heavy atom. The number of carbonyl (C=O) groups excluding carboxylic acids is 2. The fourth-order valence-corrected chi connectivity index (χ4v) is 2.66. The summed E-state index contributed by atoms with van der Waals surface area (Å²) in [6.07, 6.45) is 0.522. The maximum atomic E-state index is 12.0. The molecule has 0 aliphatic carbocycles. The minimum absolute atomic E-state index is 0.166. The molecular weight excluding hydrogens is 268 g/mol. The van der Waals surface area contributed by atoms with Gasteiger partial charge in [0.05, 0.1) is 18.0 Å². The van der Waals surface area contributed by atoms with Crippen LogP contribution < -0.4 is 10.0 Å². The summed E-state index contributed by atoms with van der Waals surface area (Å²) in [5, 5.41) is 2.62. The van der Waals surface area contributed by atoms with Crippen LogP contribution in [0.25, 0.3) is 0 Å². The summed E-state index contributed by atoms with van der Waals surface area (Å²) in [7, 11) is 0. The maximum absolute atomic E-state index is 12.0. The van der Waals surface area contributed by atoms with E-state index in [9.17, 15) is 14.1 Å². The molecule has 1 aliphatic heterocycles. The lowest BCUT2D eigenvalue weighted by Gasteiger charge is -2.13. The number of carbonyl (C=O) groups is 2. The second-order valence-corrected chi connectivity index (χ2v) is 5.35. The van der Waals surface area contributed by atoms with Crippen LogP contribution in [0.4, 0.5) is 5.69 Å². The highest BCUT2D eigenvalue weighted by atomic mass is 32.2. The van der Waals surface area contributed by atoms with Crippen molar-refractivity contribution in [2.24, 2.45) is 0 Å². The Balaban J connectivity index is 1.97. The van der Waals surface area contributed by atoms with Crippen molar-refractivity contribution in [2.75, 3.05) is 11.9 Å². The summed E-state index contributed by atoms with van der Waals surface area (Å²) < 4.78 is 19.5. The van der Waals surface area contributed by atoms with Gasteiger partial charge >= 0.3 is 5.97 Å². The van der Waals surface area contributed by atoms with Crippen molar-refractivity contribution in [3.8, 4) is 0 Å². The van der Waals surface area contributed by atoms with E-state index in [0.717, 1.165) is 0 Å². The van der Waals surface area contributed by atoms with Crippen molar-refractivity contribution in [3.63, 3.8) is 0 Å². The molecule has 0 aromatic heterocycles. The first-order valence-corrected chi connectivity index (χ1v) is 6.93. The van der Waals surface area contributed by atoms with Crippen LogP contribution >= 0.6 is 0 Å². The van der Waals surface area contributed by atoms with Gasteiger partial charge < -0.3 is 14.6 Å². The van der Waals surface area contributed by atoms with Crippen LogP contribution in [0, 0.1) is 0 Å². The smallest absolute Gasteiger partial charge is 0.327 e. The number of anilines is 1. The predicted molar refractivity (Wildman–Crippen MR) is 69.7 cm³/mol. The van der Waals surface area contributed by atoms with Crippen molar-refractivity contribution >= 4 is 28.9 Å². The summed E-state index contributed by atoms with van der Waals surface area (Å²) in [5.41, 5.74) is 0.633. The second-order valence-electron chi connectivity index (χ2n) is 4.10. The molecule has 1 saturated heterocycles. The second kappa shape index (κ2) is 6.05. The SMILES string of the molecule is CC(=O)Nc1ccc([S+]([O-])NC2CCOC2=O)cc1. The predicted octanol–water partition coefficient (Wildman–Crippen LogP) is 0.573. The Hall–Kier alpha value is -1.57. The summed E-state index contributed by atoms with van der Waals surface area (Å²) in [6, 6.07) is 6.06. The number of cyclic esters (lactones) is 1. The molecule has 7 heteroatoms. The zero-order valence-corrected chi connectivity index (χ0v) is 11.2. The lowest BCUT2D eigenvalue weighted by atomic mass is 10.3. The first-order chi connectivity index (χ1) is 9.06. The van der Waals surface area contributed by atoms with Gasteiger partial charge in [-0.3, -0.25) is 9.59 Å². The molecule has 1 aromatic carbocycles. The van der Waals surface area contributed by atoms with E-state index in [1.807, 2.05) is 0 Å². The van der Waals surface area contributed by atoms with Crippen LogP contribution in [0.5, 0.6) is 0 Å². The minimum Gasteiger partial charge on any atom is -0.593 e. The van der Waals surface area contributed by atoms with Gasteiger partial charge in [0.15, 0.2) is 10.9 Å². The third-order valence-corrected chi connectivity index (χ3v) is 3.77. The third-order valence-electron chi connectivity index (χ3n) is 2.57. The molecule has 0 radical (unpaired) electrons. The number of esters is 1. The molecule has 1 fully saturated rings. The van der Waals surface area contributed by atoms with Crippen LogP contribution in [-0.2, 0) is 25.7 Å². The number of ether oxygens (including phenoxy) is 1. The standard InChI is InChI=1S/C12H14N2O4S/c1-8(15)13-9-2-4-10(5-3-9)19(17)14-11-6-7-18-12(11)16/h2-5,11,14H,6-7H2,1H3,(H,13,15). The van der Waals surface area contributed by atoms with Crippen molar-refractivity contribution in [2.45, 2.75) is 24.3 Å². The van der Waals surface area contributed by atoms with Crippen LogP contribution in [0.1, 0.15) is 13.3 Å². The highest BCUT2D eigenvalue weighted by molar-refractivity contribution is 7.89. The van der Waals surface area contributed by atoms with Crippen LogP contribution in [0.15, 0.2) is 29.2 Å². The van der Waals surface area contributed by atoms with Crippen molar-refractivity contribution < 1.29 is 18.9 Å². The topological polar surface area (TPSA) is 90.5 Å². The van der Waals surface area contributed by atoms with Crippen LogP contribution in [0.3, 0.4) is 0 Å². The lowest BCUT2D eigenvalue weighted by molar-refractivity contribution is -0.139. The molecule has 1 amide bonds. The van der Waals surface area contributed by atoms with Gasteiger partial charge in [-0.15, -0.1) is 4.72 Å². The third kappa shape index (κ3) is 3.69. The van der Waals surface area contributed by atoms with Gasteiger partial charge in [-0.2, -0.15) is 0 Å². The first kappa shape index (κ1) is 13.9. The van der Waals surface area contributed by atoms with Gasteiger partial charge in [-0.25, -0.2) is 0 Å². The highest BCUT2D eigenvalue weighted by Gasteiger charge is 2.31. The van der Waals surface area contributed by atoms with Crippen LogP contribution in [0.2, 0.25) is 0 Å². The average Bonchev–Trinajstić information content (AvgIpc) is 2.75. The molecule has 1 heterocycles. The van der Waals surface area contributed by atoms with Crippen molar-refractivity contribution in [1.29, 1.82) is 0 Å². The number of benzene rings is 1. The number of amides is 1. The lowest BCUT2D eigenvalue weighted by Crippen LogP contribution is -2.37. The highest BCUT2D eigenvalue weighted by Crippen LogP contribution is 2.16. The molecule has 1 aromatic rings. The normalized spacial score (nSPS) is 19.9. The van der Waals surface area contributed by atoms with E-state index >= 15 is 0 Å². The van der Waals surface area contributed by atoms with Gasteiger partial charge in [-0.05, 0) is 24.3 Å². The molecule has 2 unspecified atom stereocenters. The van der Waals surface area contributed by atoms with Crippen molar-refractivity contribution in [3.05, 3.63) is 24.3 Å². The molecular formula is C12H14N2O4S. The number of nitrogens with one attached hydrogen (secondary N) is 2. The zero-order valence-electron chi connectivity index (χ0n) is 10.3. The molecule has 0 saturated carbocycles. The van der Waals surface area contributed by atoms with E-state index in [0.29, 0.717) is 23.6 Å². The Morgan fingerprint density at radius 2 is 2.11 bits per heavy atom. The molecule has 0 bridgehead atoms. The molecule has 2 N–H and O–H groups in total. The average molecular weight is 282 g/mol. The van der Waals surface area contributed by atoms with Gasteiger partial charge in [0.1, 0.15) is 0 Å². The Bertz CT molecular complexity index is 477. The van der Waals surface area contributed by atoms with Gasteiger partial charge in [-0.1, -0.05) is 0 Å². The molecule has 6 nitrogen and oxygen atoms in total. The van der Waals surface area contributed by atoms with E-state index < -0.39 is 17.4 Å². The Labute approximate surface area is 113 Å². The largest absolute Gasteiger partial charge is 0.593 e. The van der Waals surface area contributed by atoms with Gasteiger partial charge in [0.25, 0.3) is 0 Å². The summed E-state index contributed by atoms with van der Waals surface area (Å²) in [5.74, 6) is -0.538. The molecule has 0 spiro atoms. The minimum atomic E-state index is -1.48. The van der Waals surface area contributed by atoms with E-state index in [-0.39, 0.29) is 11.9 Å². The number of rotatable bonds is 4. The van der Waals surface area contributed by atoms with Crippen LogP contribution in [-0.4, -0.2) is 29.1 Å². The molecule has 2 rings (SSSR count). The van der Waals surface area contributed by atoms with E-state index in [1.165, 1.54) is 6.92 Å². The zero-order chi connectivity index (χ0) is 13.8. The molecule has 19 heavy (non-hydrogen) atoms. The van der Waals surface area contributed by atoms with E-state index in [4.69, 9.17) is 4.74 Å².